The molecule has 1 aromatic heterocycles. The molecule has 0 atom stereocenters. The minimum Gasteiger partial charge on any atom is -0.478 e. The average Bonchev–Trinajstić information content (AvgIpc) is 2.47. The Kier molecular flexibility index (Phi) is 3.95. The summed E-state index contributed by atoms with van der Waals surface area (Å²) in [6, 6.07) is 9.15. The maximum absolute atomic E-state index is 11.5. The molecule has 6 nitrogen and oxygen atoms in total. The zero-order valence-corrected chi connectivity index (χ0v) is 10.7. The Bertz CT molecular complexity index is 655. The monoisotopic (exact) mass is 272 g/mol. The van der Waals surface area contributed by atoms with Crippen molar-refractivity contribution < 1.29 is 19.4 Å². The average molecular weight is 272 g/mol. The van der Waals surface area contributed by atoms with Gasteiger partial charge in [0.05, 0.1) is 5.56 Å². The van der Waals surface area contributed by atoms with Crippen LogP contribution in [0.25, 0.3) is 0 Å². The van der Waals surface area contributed by atoms with Crippen molar-refractivity contribution in [1.29, 1.82) is 0 Å². The zero-order chi connectivity index (χ0) is 14.5. The maximum Gasteiger partial charge on any atom is 0.335 e. The van der Waals surface area contributed by atoms with Crippen molar-refractivity contribution in [2.45, 2.75) is 0 Å². The number of rotatable bonds is 4. The molecule has 0 saturated carbocycles. The predicted molar refractivity (Wildman–Crippen MR) is 71.1 cm³/mol. The third kappa shape index (κ3) is 3.11. The summed E-state index contributed by atoms with van der Waals surface area (Å²) in [5.41, 5.74) is 0.350. The topological polar surface area (TPSA) is 88.5 Å². The molecule has 2 aromatic rings. The van der Waals surface area contributed by atoms with E-state index in [9.17, 15) is 9.59 Å². The molecule has 102 valence electrons. The predicted octanol–water partition coefficient (Wildman–Crippen LogP) is 1.93. The summed E-state index contributed by atoms with van der Waals surface area (Å²) in [5.74, 6) is -0.578. The Morgan fingerprint density at radius 3 is 2.65 bits per heavy atom. The lowest BCUT2D eigenvalue weighted by atomic mass is 10.2. The molecule has 1 heterocycles. The molecule has 1 aromatic carbocycles. The van der Waals surface area contributed by atoms with Gasteiger partial charge in [0.2, 0.25) is 0 Å². The van der Waals surface area contributed by atoms with Crippen LogP contribution in [0.3, 0.4) is 0 Å². The number of hydrogen-bond acceptors (Lipinski definition) is 4. The number of pyridine rings is 1. The van der Waals surface area contributed by atoms with Crippen LogP contribution in [0.2, 0.25) is 0 Å². The largest absolute Gasteiger partial charge is 0.478 e. The molecule has 0 saturated heterocycles. The Labute approximate surface area is 115 Å². The minimum absolute atomic E-state index is 0.128. The van der Waals surface area contributed by atoms with Crippen molar-refractivity contribution >= 4 is 11.9 Å². The number of aromatic carboxylic acids is 1. The molecule has 6 heteroatoms. The summed E-state index contributed by atoms with van der Waals surface area (Å²) < 4.78 is 5.52. The van der Waals surface area contributed by atoms with Crippen LogP contribution in [0.4, 0.5) is 0 Å². The molecule has 20 heavy (non-hydrogen) atoms. The van der Waals surface area contributed by atoms with Gasteiger partial charge in [-0.25, -0.2) is 4.79 Å². The molecule has 0 aliphatic carbocycles. The van der Waals surface area contributed by atoms with Gasteiger partial charge in [0, 0.05) is 19.3 Å². The molecule has 0 spiro atoms. The van der Waals surface area contributed by atoms with Crippen molar-refractivity contribution in [3.05, 3.63) is 53.9 Å². The normalized spacial score (nSPS) is 9.85. The number of nitrogens with zero attached hydrogens (tertiary/aromatic N) is 1. The molecule has 0 radical (unpaired) electrons. The fourth-order valence-electron chi connectivity index (χ4n) is 1.56. The van der Waals surface area contributed by atoms with Crippen LogP contribution >= 0.6 is 0 Å². The van der Waals surface area contributed by atoms with Gasteiger partial charge in [-0.3, -0.25) is 9.78 Å². The summed E-state index contributed by atoms with van der Waals surface area (Å²) in [6.45, 7) is 0. The number of benzene rings is 1. The fourth-order valence-corrected chi connectivity index (χ4v) is 1.56. The molecule has 0 unspecified atom stereocenters. The SMILES string of the molecule is CNC(=O)c1cc(Oc2cccc(C(=O)O)c2)ccn1. The van der Waals surface area contributed by atoms with Crippen molar-refractivity contribution in [3.8, 4) is 11.5 Å². The van der Waals surface area contributed by atoms with Crippen molar-refractivity contribution in [1.82, 2.24) is 10.3 Å². The van der Waals surface area contributed by atoms with Crippen LogP contribution < -0.4 is 10.1 Å². The highest BCUT2D eigenvalue weighted by atomic mass is 16.5. The van der Waals surface area contributed by atoms with Crippen LogP contribution in [0.15, 0.2) is 42.6 Å². The highest BCUT2D eigenvalue weighted by Crippen LogP contribution is 2.22. The number of carbonyl (C=O) groups excluding carboxylic acids is 1. The van der Waals surface area contributed by atoms with E-state index in [0.717, 1.165) is 0 Å². The first-order valence-electron chi connectivity index (χ1n) is 5.79. The third-order valence-corrected chi connectivity index (χ3v) is 2.51. The van der Waals surface area contributed by atoms with Gasteiger partial charge >= 0.3 is 5.97 Å². The number of carboxylic acids is 1. The third-order valence-electron chi connectivity index (χ3n) is 2.51. The Morgan fingerprint density at radius 1 is 1.20 bits per heavy atom. The summed E-state index contributed by atoms with van der Waals surface area (Å²) >= 11 is 0. The summed E-state index contributed by atoms with van der Waals surface area (Å²) in [4.78, 5) is 26.2. The van der Waals surface area contributed by atoms with Gasteiger partial charge in [-0.05, 0) is 24.3 Å². The molecule has 0 bridgehead atoms. The Hall–Kier alpha value is -2.89. The van der Waals surface area contributed by atoms with E-state index in [1.807, 2.05) is 0 Å². The lowest BCUT2D eigenvalue weighted by Crippen LogP contribution is -2.18. The van der Waals surface area contributed by atoms with E-state index in [-0.39, 0.29) is 17.2 Å². The molecule has 1 amide bonds. The van der Waals surface area contributed by atoms with Gasteiger partial charge < -0.3 is 15.2 Å². The quantitative estimate of drug-likeness (QED) is 0.887. The van der Waals surface area contributed by atoms with Crippen molar-refractivity contribution in [3.63, 3.8) is 0 Å². The molecule has 0 fully saturated rings. The standard InChI is InChI=1S/C14H12N2O4/c1-15-13(17)12-8-11(5-6-16-12)20-10-4-2-3-9(7-10)14(18)19/h2-8H,1H3,(H,15,17)(H,18,19). The maximum atomic E-state index is 11.5. The molecular weight excluding hydrogens is 260 g/mol. The van der Waals surface area contributed by atoms with Crippen molar-refractivity contribution in [2.75, 3.05) is 7.05 Å². The molecule has 2 rings (SSSR count). The Balaban J connectivity index is 2.24. The van der Waals surface area contributed by atoms with Crippen LogP contribution in [-0.4, -0.2) is 29.0 Å². The highest BCUT2D eigenvalue weighted by Gasteiger charge is 2.08. The first-order valence-corrected chi connectivity index (χ1v) is 5.79. The van der Waals surface area contributed by atoms with Crippen molar-refractivity contribution in [2.24, 2.45) is 0 Å². The number of carboxylic acid groups (broad SMARTS) is 1. The first kappa shape index (κ1) is 13.5. The zero-order valence-electron chi connectivity index (χ0n) is 10.7. The number of carbonyl (C=O) groups is 2. The number of nitrogens with one attached hydrogen (secondary N) is 1. The van der Waals surface area contributed by atoms with E-state index < -0.39 is 5.97 Å². The van der Waals surface area contributed by atoms with E-state index in [2.05, 4.69) is 10.3 Å². The highest BCUT2D eigenvalue weighted by molar-refractivity contribution is 5.92. The van der Waals surface area contributed by atoms with E-state index in [4.69, 9.17) is 9.84 Å². The summed E-state index contributed by atoms with van der Waals surface area (Å²) in [7, 11) is 1.51. The van der Waals surface area contributed by atoms with Gasteiger partial charge in [-0.2, -0.15) is 0 Å². The smallest absolute Gasteiger partial charge is 0.335 e. The van der Waals surface area contributed by atoms with Gasteiger partial charge in [0.15, 0.2) is 0 Å². The summed E-state index contributed by atoms with van der Waals surface area (Å²) in [5, 5.41) is 11.4. The lowest BCUT2D eigenvalue weighted by molar-refractivity contribution is 0.0696. The van der Waals surface area contributed by atoms with E-state index in [1.165, 1.54) is 31.4 Å². The molecule has 0 aliphatic rings. The van der Waals surface area contributed by atoms with Gasteiger partial charge in [0.25, 0.3) is 5.91 Å². The van der Waals surface area contributed by atoms with Crippen LogP contribution in [-0.2, 0) is 0 Å². The number of amides is 1. The van der Waals surface area contributed by atoms with Crippen LogP contribution in [0.1, 0.15) is 20.8 Å². The first-order chi connectivity index (χ1) is 9.60. The second kappa shape index (κ2) is 5.83. The van der Waals surface area contributed by atoms with E-state index >= 15 is 0 Å². The van der Waals surface area contributed by atoms with Crippen LogP contribution in [0, 0.1) is 0 Å². The number of hydrogen-bond donors (Lipinski definition) is 2. The second-order valence-corrected chi connectivity index (χ2v) is 3.89. The van der Waals surface area contributed by atoms with E-state index in [1.54, 1.807) is 18.2 Å². The van der Waals surface area contributed by atoms with Crippen LogP contribution in [0.5, 0.6) is 11.5 Å². The number of aromatic nitrogens is 1. The fraction of sp³-hybridized carbons (Fsp3) is 0.0714. The minimum atomic E-state index is -1.03. The van der Waals surface area contributed by atoms with Gasteiger partial charge in [-0.1, -0.05) is 6.07 Å². The summed E-state index contributed by atoms with van der Waals surface area (Å²) in [6.07, 6.45) is 1.45. The molecule has 0 aliphatic heterocycles. The molecular formula is C14H12N2O4. The lowest BCUT2D eigenvalue weighted by Gasteiger charge is -2.07. The second-order valence-electron chi connectivity index (χ2n) is 3.89. The molecule has 2 N–H and O–H groups in total. The van der Waals surface area contributed by atoms with Gasteiger partial charge in [0.1, 0.15) is 17.2 Å². The number of ether oxygens (including phenoxy) is 1. The van der Waals surface area contributed by atoms with E-state index in [0.29, 0.717) is 11.5 Å². The Morgan fingerprint density at radius 2 is 1.95 bits per heavy atom. The van der Waals surface area contributed by atoms with Gasteiger partial charge in [-0.15, -0.1) is 0 Å².